The van der Waals surface area contributed by atoms with Crippen molar-refractivity contribution in [1.29, 1.82) is 0 Å². The molecule has 3 aromatic rings. The van der Waals surface area contributed by atoms with Crippen LogP contribution < -0.4 is 24.2 Å². The van der Waals surface area contributed by atoms with Gasteiger partial charge in [0.15, 0.2) is 11.5 Å². The number of nitrogens with one attached hydrogen (secondary N) is 2. The number of ether oxygens (including phenoxy) is 3. The molecule has 0 spiro atoms. The molecule has 0 heterocycles. The molecule has 0 aliphatic carbocycles. The molecule has 3 aromatic carbocycles. The zero-order chi connectivity index (χ0) is 24.7. The number of rotatable bonds is 10. The van der Waals surface area contributed by atoms with Crippen LogP contribution in [0.2, 0.25) is 0 Å². The maximum atomic E-state index is 12.9. The number of aryl methyl sites for hydroxylation is 1. The first-order chi connectivity index (χ1) is 16.3. The van der Waals surface area contributed by atoms with Gasteiger partial charge in [0.05, 0.1) is 31.9 Å². The molecule has 3 rings (SSSR count). The smallest absolute Gasteiger partial charge is 0.256 e. The van der Waals surface area contributed by atoms with Crippen LogP contribution in [0.25, 0.3) is 0 Å². The molecule has 8 nitrogen and oxygen atoms in total. The average molecular weight is 485 g/mol. The molecule has 0 aromatic heterocycles. The molecule has 0 radical (unpaired) electrons. The minimum Gasteiger partial charge on any atom is -0.495 e. The number of carbonyl (C=O) groups excluding carboxylic acids is 1. The van der Waals surface area contributed by atoms with Crippen LogP contribution in [0.4, 0.5) is 5.69 Å². The first-order valence-corrected chi connectivity index (χ1v) is 12.0. The summed E-state index contributed by atoms with van der Waals surface area (Å²) in [5, 5.41) is 2.75. The number of sulfonamides is 1. The van der Waals surface area contributed by atoms with Gasteiger partial charge in [0.1, 0.15) is 5.75 Å². The molecule has 1 amide bonds. The molecule has 0 atom stereocenters. The average Bonchev–Trinajstić information content (AvgIpc) is 2.84. The fourth-order valence-corrected chi connectivity index (χ4v) is 4.48. The van der Waals surface area contributed by atoms with Gasteiger partial charge in [-0.15, -0.1) is 0 Å². The van der Waals surface area contributed by atoms with Crippen LogP contribution in [-0.4, -0.2) is 42.2 Å². The van der Waals surface area contributed by atoms with E-state index in [0.29, 0.717) is 29.2 Å². The number of amides is 1. The minimum absolute atomic E-state index is 0.0145. The third kappa shape index (κ3) is 5.86. The number of hydrogen-bond donors (Lipinski definition) is 2. The van der Waals surface area contributed by atoms with Gasteiger partial charge in [-0.1, -0.05) is 24.3 Å². The molecule has 0 saturated carbocycles. The maximum absolute atomic E-state index is 12.9. The van der Waals surface area contributed by atoms with Crippen molar-refractivity contribution in [2.24, 2.45) is 0 Å². The van der Waals surface area contributed by atoms with Crippen molar-refractivity contribution in [2.75, 3.05) is 33.2 Å². The Labute approximate surface area is 199 Å². The fourth-order valence-electron chi connectivity index (χ4n) is 3.42. The molecule has 0 aliphatic rings. The molecule has 0 bridgehead atoms. The molecule has 34 heavy (non-hydrogen) atoms. The van der Waals surface area contributed by atoms with Crippen molar-refractivity contribution in [2.45, 2.75) is 18.2 Å². The molecule has 0 unspecified atom stereocenters. The Kier molecular flexibility index (Phi) is 8.14. The number of hydrogen-bond acceptors (Lipinski definition) is 6. The van der Waals surface area contributed by atoms with Gasteiger partial charge in [0.2, 0.25) is 10.0 Å². The molecule has 2 N–H and O–H groups in total. The van der Waals surface area contributed by atoms with Crippen LogP contribution in [0.15, 0.2) is 65.6 Å². The van der Waals surface area contributed by atoms with Gasteiger partial charge in [0, 0.05) is 12.1 Å². The van der Waals surface area contributed by atoms with Gasteiger partial charge in [0.25, 0.3) is 5.91 Å². The minimum atomic E-state index is -3.83. The standard InChI is InChI=1S/C25H28N2O6S/c1-17-7-5-6-8-20(17)25(28)27-21-16-19(10-12-22(21)31-2)34(29,30)26-14-13-18-9-11-23(32-3)24(15-18)33-4/h5-12,15-16,26H,13-14H2,1-4H3,(H,27,28). The second kappa shape index (κ2) is 11.0. The van der Waals surface area contributed by atoms with E-state index >= 15 is 0 Å². The summed E-state index contributed by atoms with van der Waals surface area (Å²) in [6, 6.07) is 16.9. The summed E-state index contributed by atoms with van der Waals surface area (Å²) in [6.07, 6.45) is 0.451. The van der Waals surface area contributed by atoms with E-state index in [1.807, 2.05) is 25.1 Å². The van der Waals surface area contributed by atoms with Crippen molar-refractivity contribution < 1.29 is 27.4 Å². The summed E-state index contributed by atoms with van der Waals surface area (Å²) in [4.78, 5) is 12.8. The van der Waals surface area contributed by atoms with E-state index in [-0.39, 0.29) is 23.0 Å². The van der Waals surface area contributed by atoms with Gasteiger partial charge >= 0.3 is 0 Å². The van der Waals surface area contributed by atoms with Crippen molar-refractivity contribution in [1.82, 2.24) is 4.72 Å². The Hall–Kier alpha value is -3.56. The van der Waals surface area contributed by atoms with E-state index in [4.69, 9.17) is 14.2 Å². The third-order valence-electron chi connectivity index (χ3n) is 5.27. The molecule has 0 saturated heterocycles. The normalized spacial score (nSPS) is 11.1. The molecule has 0 fully saturated rings. The van der Waals surface area contributed by atoms with Crippen molar-refractivity contribution >= 4 is 21.6 Å². The monoisotopic (exact) mass is 484 g/mol. The Morgan fingerprint density at radius 2 is 1.53 bits per heavy atom. The summed E-state index contributed by atoms with van der Waals surface area (Å²) < 4.78 is 44.2. The highest BCUT2D eigenvalue weighted by Gasteiger charge is 2.18. The zero-order valence-electron chi connectivity index (χ0n) is 19.5. The Morgan fingerprint density at radius 3 is 2.21 bits per heavy atom. The summed E-state index contributed by atoms with van der Waals surface area (Å²) >= 11 is 0. The number of anilines is 1. The van der Waals surface area contributed by atoms with E-state index in [0.717, 1.165) is 11.1 Å². The predicted molar refractivity (Wildman–Crippen MR) is 131 cm³/mol. The Bertz CT molecular complexity index is 1270. The second-order valence-corrected chi connectivity index (χ2v) is 9.24. The lowest BCUT2D eigenvalue weighted by atomic mass is 10.1. The number of benzene rings is 3. The van der Waals surface area contributed by atoms with Gasteiger partial charge in [-0.2, -0.15) is 0 Å². The molecule has 180 valence electrons. The van der Waals surface area contributed by atoms with E-state index in [9.17, 15) is 13.2 Å². The summed E-state index contributed by atoms with van der Waals surface area (Å²) in [5.74, 6) is 1.18. The van der Waals surface area contributed by atoms with Crippen LogP contribution in [0.5, 0.6) is 17.2 Å². The lowest BCUT2D eigenvalue weighted by molar-refractivity contribution is 0.102. The van der Waals surface area contributed by atoms with Crippen LogP contribution >= 0.6 is 0 Å². The predicted octanol–water partition coefficient (Wildman–Crippen LogP) is 3.79. The Balaban J connectivity index is 1.74. The van der Waals surface area contributed by atoms with Crippen LogP contribution in [0, 0.1) is 6.92 Å². The highest BCUT2D eigenvalue weighted by molar-refractivity contribution is 7.89. The van der Waals surface area contributed by atoms with Crippen molar-refractivity contribution in [3.63, 3.8) is 0 Å². The highest BCUT2D eigenvalue weighted by atomic mass is 32.2. The first-order valence-electron chi connectivity index (χ1n) is 10.5. The van der Waals surface area contributed by atoms with Gasteiger partial charge in [-0.05, 0) is 60.9 Å². The maximum Gasteiger partial charge on any atom is 0.256 e. The fraction of sp³-hybridized carbons (Fsp3) is 0.240. The van der Waals surface area contributed by atoms with Crippen molar-refractivity contribution in [3.8, 4) is 17.2 Å². The molecular formula is C25H28N2O6S. The number of carbonyl (C=O) groups is 1. The lowest BCUT2D eigenvalue weighted by Gasteiger charge is -2.14. The van der Waals surface area contributed by atoms with E-state index in [1.165, 1.54) is 25.3 Å². The quantitative estimate of drug-likeness (QED) is 0.454. The van der Waals surface area contributed by atoms with E-state index in [1.54, 1.807) is 38.5 Å². The van der Waals surface area contributed by atoms with Crippen LogP contribution in [0.3, 0.4) is 0 Å². The zero-order valence-corrected chi connectivity index (χ0v) is 20.4. The van der Waals surface area contributed by atoms with Crippen LogP contribution in [0.1, 0.15) is 21.5 Å². The van der Waals surface area contributed by atoms with Gasteiger partial charge < -0.3 is 19.5 Å². The largest absolute Gasteiger partial charge is 0.495 e. The first kappa shape index (κ1) is 25.1. The topological polar surface area (TPSA) is 103 Å². The second-order valence-electron chi connectivity index (χ2n) is 7.47. The number of methoxy groups -OCH3 is 3. The summed E-state index contributed by atoms with van der Waals surface area (Å²) in [7, 11) is 0.724. The SMILES string of the molecule is COc1ccc(S(=O)(=O)NCCc2ccc(OC)c(OC)c2)cc1NC(=O)c1ccccc1C. The van der Waals surface area contributed by atoms with Gasteiger partial charge in [-0.25, -0.2) is 13.1 Å². The highest BCUT2D eigenvalue weighted by Crippen LogP contribution is 2.29. The lowest BCUT2D eigenvalue weighted by Crippen LogP contribution is -2.26. The summed E-state index contributed by atoms with van der Waals surface area (Å²) in [5.41, 5.74) is 2.45. The molecular weight excluding hydrogens is 456 g/mol. The van der Waals surface area contributed by atoms with Crippen molar-refractivity contribution in [3.05, 3.63) is 77.4 Å². The van der Waals surface area contributed by atoms with E-state index in [2.05, 4.69) is 10.0 Å². The summed E-state index contributed by atoms with van der Waals surface area (Å²) in [6.45, 7) is 2.00. The third-order valence-corrected chi connectivity index (χ3v) is 6.73. The van der Waals surface area contributed by atoms with Crippen LogP contribution in [-0.2, 0) is 16.4 Å². The molecule has 0 aliphatic heterocycles. The molecule has 9 heteroatoms. The van der Waals surface area contributed by atoms with Gasteiger partial charge in [-0.3, -0.25) is 4.79 Å². The Morgan fingerprint density at radius 1 is 0.853 bits per heavy atom. The van der Waals surface area contributed by atoms with E-state index < -0.39 is 10.0 Å².